The number of hydrogen-bond donors (Lipinski definition) is 0. The van der Waals surface area contributed by atoms with Crippen molar-refractivity contribution in [2.24, 2.45) is 5.92 Å². The Morgan fingerprint density at radius 2 is 1.76 bits per heavy atom. The molecule has 202 valence electrons. The fourth-order valence-electron chi connectivity index (χ4n) is 6.15. The molecule has 1 saturated carbocycles. The van der Waals surface area contributed by atoms with Gasteiger partial charge in [0.15, 0.2) is 0 Å². The van der Waals surface area contributed by atoms with Crippen LogP contribution in [0.3, 0.4) is 0 Å². The first kappa shape index (κ1) is 26.8. The topological polar surface area (TPSA) is 41.4 Å². The maximum atomic E-state index is 14.9. The van der Waals surface area contributed by atoms with E-state index in [-0.39, 0.29) is 34.2 Å². The molecule has 38 heavy (non-hydrogen) atoms. The molecule has 0 spiro atoms. The molecule has 0 N–H and O–H groups in total. The number of likely N-dealkylation sites (tertiary alicyclic amines) is 1. The molecule has 2 fully saturated rings. The Balaban J connectivity index is 1.33. The molecular weight excluding hydrogens is 513 g/mol. The zero-order valence-corrected chi connectivity index (χ0v) is 22.6. The third kappa shape index (κ3) is 4.96. The van der Waals surface area contributed by atoms with E-state index in [0.29, 0.717) is 37.2 Å². The highest BCUT2D eigenvalue weighted by atomic mass is 35.5. The first-order chi connectivity index (χ1) is 18.1. The van der Waals surface area contributed by atoms with Crippen molar-refractivity contribution in [3.8, 4) is 5.69 Å². The lowest BCUT2D eigenvalue weighted by molar-refractivity contribution is -0.137. The Kier molecular flexibility index (Phi) is 7.31. The van der Waals surface area contributed by atoms with Gasteiger partial charge in [-0.25, -0.2) is 17.9 Å². The molecule has 3 aromatic rings. The molecule has 1 amide bonds. The fraction of sp³-hybridized carbons (Fsp3) is 0.448. The van der Waals surface area contributed by atoms with Gasteiger partial charge in [-0.05, 0) is 82.6 Å². The molecule has 5 nitrogen and oxygen atoms in total. The minimum atomic E-state index is -0.619. The number of piperidine rings is 1. The molecule has 2 aliphatic rings. The summed E-state index contributed by atoms with van der Waals surface area (Å²) in [6, 6.07) is 10.2. The summed E-state index contributed by atoms with van der Waals surface area (Å²) in [5, 5.41) is 4.47. The van der Waals surface area contributed by atoms with Crippen molar-refractivity contribution in [1.82, 2.24) is 19.6 Å². The van der Waals surface area contributed by atoms with E-state index in [2.05, 4.69) is 16.9 Å². The molecule has 1 saturated heterocycles. The van der Waals surface area contributed by atoms with Crippen LogP contribution in [0.25, 0.3) is 5.69 Å². The van der Waals surface area contributed by atoms with Crippen molar-refractivity contribution in [3.63, 3.8) is 0 Å². The summed E-state index contributed by atoms with van der Waals surface area (Å²) < 4.78 is 43.9. The number of nitrogens with zero attached hydrogens (tertiary/aromatic N) is 4. The standard InChI is InChI=1S/C29H32ClF3N4O/c1-29(35(2)3)16-22(21-6-4-19(31)14-26(21)33)23(17-29)28(38)36-12-9-18(10-13-36)27-8-11-34-37(27)20-5-7-25(32)24(30)15-20/h4-8,11,14-15,18,22-23H,9-10,12-13,16-17H2,1-3H3/t22-,23+,29+/m0/s1. The molecular formula is C29H32ClF3N4O. The number of amides is 1. The van der Waals surface area contributed by atoms with Crippen LogP contribution in [-0.2, 0) is 4.79 Å². The lowest BCUT2D eigenvalue weighted by Gasteiger charge is -2.35. The number of carbonyl (C=O) groups is 1. The highest BCUT2D eigenvalue weighted by molar-refractivity contribution is 6.30. The van der Waals surface area contributed by atoms with Gasteiger partial charge in [0.25, 0.3) is 0 Å². The van der Waals surface area contributed by atoms with Gasteiger partial charge in [-0.2, -0.15) is 5.10 Å². The minimum absolute atomic E-state index is 0.0292. The van der Waals surface area contributed by atoms with Crippen molar-refractivity contribution in [1.29, 1.82) is 0 Å². The van der Waals surface area contributed by atoms with Crippen molar-refractivity contribution in [3.05, 3.63) is 82.4 Å². The quantitative estimate of drug-likeness (QED) is 0.386. The van der Waals surface area contributed by atoms with Crippen molar-refractivity contribution >= 4 is 17.5 Å². The lowest BCUT2D eigenvalue weighted by atomic mass is 9.86. The highest BCUT2D eigenvalue weighted by Crippen LogP contribution is 2.49. The molecule has 1 aromatic heterocycles. The second kappa shape index (κ2) is 10.4. The molecule has 3 atom stereocenters. The Morgan fingerprint density at radius 3 is 2.42 bits per heavy atom. The Morgan fingerprint density at radius 1 is 1.03 bits per heavy atom. The lowest BCUT2D eigenvalue weighted by Crippen LogP contribution is -2.43. The van der Waals surface area contributed by atoms with Gasteiger partial charge in [-0.15, -0.1) is 0 Å². The van der Waals surface area contributed by atoms with Gasteiger partial charge in [0.1, 0.15) is 17.5 Å². The van der Waals surface area contributed by atoms with Crippen LogP contribution in [0, 0.1) is 23.4 Å². The Hall–Kier alpha value is -2.84. The van der Waals surface area contributed by atoms with Crippen molar-refractivity contribution < 1.29 is 18.0 Å². The average Bonchev–Trinajstić information content (AvgIpc) is 3.51. The van der Waals surface area contributed by atoms with Gasteiger partial charge < -0.3 is 9.80 Å². The molecule has 1 aliphatic carbocycles. The molecule has 0 unspecified atom stereocenters. The van der Waals surface area contributed by atoms with Crippen LogP contribution >= 0.6 is 11.6 Å². The van der Waals surface area contributed by atoms with E-state index in [0.717, 1.165) is 24.6 Å². The Bertz CT molecular complexity index is 1340. The molecule has 1 aliphatic heterocycles. The summed E-state index contributed by atoms with van der Waals surface area (Å²) in [5.41, 5.74) is 1.82. The second-order valence-corrected chi connectivity index (χ2v) is 11.5. The fourth-order valence-corrected chi connectivity index (χ4v) is 6.33. The summed E-state index contributed by atoms with van der Waals surface area (Å²) in [7, 11) is 3.96. The largest absolute Gasteiger partial charge is 0.342 e. The third-order valence-electron chi connectivity index (χ3n) is 8.61. The van der Waals surface area contributed by atoms with Crippen LogP contribution in [0.15, 0.2) is 48.7 Å². The van der Waals surface area contributed by atoms with E-state index in [9.17, 15) is 18.0 Å². The normalized spacial score (nSPS) is 24.4. The summed E-state index contributed by atoms with van der Waals surface area (Å²) in [5.74, 6) is -2.20. The zero-order valence-electron chi connectivity index (χ0n) is 21.8. The van der Waals surface area contributed by atoms with E-state index in [1.165, 1.54) is 18.2 Å². The van der Waals surface area contributed by atoms with Crippen LogP contribution in [0.1, 0.15) is 55.7 Å². The van der Waals surface area contributed by atoms with E-state index in [1.807, 2.05) is 25.1 Å². The van der Waals surface area contributed by atoms with Crippen molar-refractivity contribution in [2.75, 3.05) is 27.2 Å². The van der Waals surface area contributed by atoms with E-state index >= 15 is 0 Å². The molecule has 2 aromatic carbocycles. The number of rotatable bonds is 5. The minimum Gasteiger partial charge on any atom is -0.342 e. The smallest absolute Gasteiger partial charge is 0.226 e. The van der Waals surface area contributed by atoms with E-state index in [1.54, 1.807) is 23.0 Å². The molecule has 0 radical (unpaired) electrons. The van der Waals surface area contributed by atoms with Gasteiger partial charge in [-0.1, -0.05) is 17.7 Å². The number of halogens is 4. The highest BCUT2D eigenvalue weighted by Gasteiger charge is 2.49. The molecule has 0 bridgehead atoms. The number of hydrogen-bond acceptors (Lipinski definition) is 3. The van der Waals surface area contributed by atoms with Crippen LogP contribution in [0.5, 0.6) is 0 Å². The summed E-state index contributed by atoms with van der Waals surface area (Å²) in [6.07, 6.45) is 4.44. The zero-order chi connectivity index (χ0) is 27.2. The molecule has 9 heteroatoms. The maximum Gasteiger partial charge on any atom is 0.226 e. The first-order valence-corrected chi connectivity index (χ1v) is 13.4. The number of benzene rings is 2. The Labute approximate surface area is 226 Å². The number of aromatic nitrogens is 2. The monoisotopic (exact) mass is 544 g/mol. The maximum absolute atomic E-state index is 14.9. The van der Waals surface area contributed by atoms with Gasteiger partial charge in [0.2, 0.25) is 5.91 Å². The van der Waals surface area contributed by atoms with Gasteiger partial charge in [0.05, 0.1) is 10.7 Å². The number of carbonyl (C=O) groups excluding carboxylic acids is 1. The molecule has 5 rings (SSSR count). The van der Waals surface area contributed by atoms with Gasteiger partial charge in [-0.3, -0.25) is 4.79 Å². The van der Waals surface area contributed by atoms with Crippen LogP contribution < -0.4 is 0 Å². The van der Waals surface area contributed by atoms with Crippen LogP contribution in [-0.4, -0.2) is 58.2 Å². The second-order valence-electron chi connectivity index (χ2n) is 11.0. The molecule has 2 heterocycles. The van der Waals surface area contributed by atoms with Crippen LogP contribution in [0.4, 0.5) is 13.2 Å². The van der Waals surface area contributed by atoms with Gasteiger partial charge >= 0.3 is 0 Å². The summed E-state index contributed by atoms with van der Waals surface area (Å²) in [6.45, 7) is 3.25. The van der Waals surface area contributed by atoms with Crippen LogP contribution in [0.2, 0.25) is 5.02 Å². The third-order valence-corrected chi connectivity index (χ3v) is 8.90. The average molecular weight is 545 g/mol. The predicted octanol–water partition coefficient (Wildman–Crippen LogP) is 6.16. The summed E-state index contributed by atoms with van der Waals surface area (Å²) in [4.78, 5) is 17.9. The SMILES string of the molecule is CN(C)[C@@]1(C)C[C@@H](C(=O)N2CCC(c3ccnn3-c3ccc(F)c(Cl)c3)CC2)[C@H](c2ccc(F)cc2F)C1. The van der Waals surface area contributed by atoms with Gasteiger partial charge in [0, 0.05) is 54.3 Å². The predicted molar refractivity (Wildman–Crippen MR) is 141 cm³/mol. The van der Waals surface area contributed by atoms with E-state index in [4.69, 9.17) is 11.6 Å². The van der Waals surface area contributed by atoms with Crippen molar-refractivity contribution in [2.45, 2.75) is 50.0 Å². The first-order valence-electron chi connectivity index (χ1n) is 13.0. The van der Waals surface area contributed by atoms with E-state index < -0.39 is 17.5 Å². The summed E-state index contributed by atoms with van der Waals surface area (Å²) >= 11 is 5.99.